The molecule has 25 heavy (non-hydrogen) atoms. The van der Waals surface area contributed by atoms with Crippen LogP contribution in [0.4, 0.5) is 0 Å². The number of morpholine rings is 1. The van der Waals surface area contributed by atoms with E-state index in [0.717, 1.165) is 17.5 Å². The molecule has 134 valence electrons. The van der Waals surface area contributed by atoms with Gasteiger partial charge in [-0.2, -0.15) is 0 Å². The summed E-state index contributed by atoms with van der Waals surface area (Å²) in [6.45, 7) is 2.64. The summed E-state index contributed by atoms with van der Waals surface area (Å²) in [7, 11) is 0. The molecule has 2 amide bonds. The van der Waals surface area contributed by atoms with E-state index < -0.39 is 12.0 Å². The van der Waals surface area contributed by atoms with E-state index in [1.54, 1.807) is 4.90 Å². The number of fused-ring (bicyclic) bond motifs is 1. The van der Waals surface area contributed by atoms with Crippen LogP contribution in [0.15, 0.2) is 24.3 Å². The SMILES string of the molecule is CC(=O)N1CCc2ccccc2C1CC(=O)N1CCOCC1C(=O)O. The van der Waals surface area contributed by atoms with E-state index >= 15 is 0 Å². The highest BCUT2D eigenvalue weighted by atomic mass is 16.5. The summed E-state index contributed by atoms with van der Waals surface area (Å²) in [4.78, 5) is 39.3. The number of hydrogen-bond acceptors (Lipinski definition) is 4. The molecule has 1 aromatic rings. The predicted octanol–water partition coefficient (Wildman–Crippen LogP) is 0.834. The lowest BCUT2D eigenvalue weighted by Crippen LogP contribution is -2.53. The van der Waals surface area contributed by atoms with Gasteiger partial charge in [-0.3, -0.25) is 9.59 Å². The number of hydrogen-bond donors (Lipinski definition) is 1. The standard InChI is InChI=1S/C18H22N2O5/c1-12(21)19-7-6-13-4-2-3-5-14(13)15(19)10-17(22)20-8-9-25-11-16(20)18(23)24/h2-5,15-16H,6-11H2,1H3,(H,23,24). The number of nitrogens with zero attached hydrogens (tertiary/aromatic N) is 2. The van der Waals surface area contributed by atoms with Crippen molar-refractivity contribution in [3.8, 4) is 0 Å². The number of carboxylic acids is 1. The van der Waals surface area contributed by atoms with Crippen molar-refractivity contribution >= 4 is 17.8 Å². The largest absolute Gasteiger partial charge is 0.480 e. The molecule has 2 aliphatic heterocycles. The maximum Gasteiger partial charge on any atom is 0.328 e. The highest BCUT2D eigenvalue weighted by Crippen LogP contribution is 2.33. The van der Waals surface area contributed by atoms with Gasteiger partial charge in [-0.15, -0.1) is 0 Å². The Balaban J connectivity index is 1.84. The Morgan fingerprint density at radius 1 is 1.20 bits per heavy atom. The van der Waals surface area contributed by atoms with Gasteiger partial charge in [-0.25, -0.2) is 4.79 Å². The highest BCUT2D eigenvalue weighted by molar-refractivity contribution is 5.85. The van der Waals surface area contributed by atoms with Gasteiger partial charge in [0.05, 0.1) is 25.7 Å². The van der Waals surface area contributed by atoms with Crippen LogP contribution in [-0.2, 0) is 25.5 Å². The van der Waals surface area contributed by atoms with Crippen LogP contribution < -0.4 is 0 Å². The van der Waals surface area contributed by atoms with E-state index in [0.29, 0.717) is 13.2 Å². The first-order valence-corrected chi connectivity index (χ1v) is 8.44. The van der Waals surface area contributed by atoms with E-state index in [1.807, 2.05) is 24.3 Å². The summed E-state index contributed by atoms with van der Waals surface area (Å²) >= 11 is 0. The van der Waals surface area contributed by atoms with Crippen molar-refractivity contribution in [1.29, 1.82) is 0 Å². The lowest BCUT2D eigenvalue weighted by molar-refractivity contribution is -0.159. The lowest BCUT2D eigenvalue weighted by Gasteiger charge is -2.39. The van der Waals surface area contributed by atoms with Crippen molar-refractivity contribution < 1.29 is 24.2 Å². The molecule has 0 saturated carbocycles. The fraction of sp³-hybridized carbons (Fsp3) is 0.500. The number of rotatable bonds is 3. The second kappa shape index (κ2) is 7.23. The van der Waals surface area contributed by atoms with Crippen molar-refractivity contribution in [3.63, 3.8) is 0 Å². The Labute approximate surface area is 146 Å². The van der Waals surface area contributed by atoms with Crippen LogP contribution in [0.2, 0.25) is 0 Å². The molecule has 7 heteroatoms. The second-order valence-corrected chi connectivity index (χ2v) is 6.40. The van der Waals surface area contributed by atoms with Crippen LogP contribution in [0.1, 0.15) is 30.5 Å². The summed E-state index contributed by atoms with van der Waals surface area (Å²) in [5.41, 5.74) is 2.10. The molecule has 0 aliphatic carbocycles. The smallest absolute Gasteiger partial charge is 0.328 e. The van der Waals surface area contributed by atoms with Crippen molar-refractivity contribution in [2.75, 3.05) is 26.3 Å². The van der Waals surface area contributed by atoms with Gasteiger partial charge in [0.25, 0.3) is 0 Å². The summed E-state index contributed by atoms with van der Waals surface area (Å²) in [6.07, 6.45) is 0.843. The number of carbonyl (C=O) groups is 3. The Bertz CT molecular complexity index is 690. The highest BCUT2D eigenvalue weighted by Gasteiger charge is 2.36. The fourth-order valence-corrected chi connectivity index (χ4v) is 3.64. The van der Waals surface area contributed by atoms with Gasteiger partial charge in [-0.05, 0) is 17.5 Å². The Morgan fingerprint density at radius 3 is 2.68 bits per heavy atom. The van der Waals surface area contributed by atoms with Crippen molar-refractivity contribution in [2.45, 2.75) is 31.8 Å². The maximum absolute atomic E-state index is 12.8. The van der Waals surface area contributed by atoms with E-state index in [4.69, 9.17) is 4.74 Å². The summed E-state index contributed by atoms with van der Waals surface area (Å²) in [6, 6.07) is 6.48. The van der Waals surface area contributed by atoms with Crippen LogP contribution in [0, 0.1) is 0 Å². The average Bonchev–Trinajstić information content (AvgIpc) is 2.61. The lowest BCUT2D eigenvalue weighted by atomic mass is 9.90. The molecule has 7 nitrogen and oxygen atoms in total. The Kier molecular flexibility index (Phi) is 5.03. The van der Waals surface area contributed by atoms with Crippen LogP contribution in [0.25, 0.3) is 0 Å². The van der Waals surface area contributed by atoms with Gasteiger partial charge in [0, 0.05) is 20.0 Å². The van der Waals surface area contributed by atoms with Gasteiger partial charge >= 0.3 is 5.97 Å². The molecule has 2 unspecified atom stereocenters. The first-order chi connectivity index (χ1) is 12.0. The fourth-order valence-electron chi connectivity index (χ4n) is 3.64. The number of carbonyl (C=O) groups excluding carboxylic acids is 2. The Hall–Kier alpha value is -2.41. The van der Waals surface area contributed by atoms with E-state index in [9.17, 15) is 19.5 Å². The third-order valence-corrected chi connectivity index (χ3v) is 4.92. The molecule has 2 aliphatic rings. The molecule has 0 spiro atoms. The number of carboxylic acid groups (broad SMARTS) is 1. The zero-order chi connectivity index (χ0) is 18.0. The molecule has 0 aromatic heterocycles. The summed E-state index contributed by atoms with van der Waals surface area (Å²) in [5.74, 6) is -1.41. The molecule has 2 heterocycles. The quantitative estimate of drug-likeness (QED) is 0.876. The normalized spacial score (nSPS) is 23.1. The van der Waals surface area contributed by atoms with Gasteiger partial charge in [0.2, 0.25) is 11.8 Å². The first kappa shape index (κ1) is 17.4. The number of amides is 2. The maximum atomic E-state index is 12.8. The monoisotopic (exact) mass is 346 g/mol. The molecule has 0 radical (unpaired) electrons. The van der Waals surface area contributed by atoms with Crippen LogP contribution in [0.3, 0.4) is 0 Å². The minimum absolute atomic E-state index is 0.00124. The first-order valence-electron chi connectivity index (χ1n) is 8.44. The number of benzene rings is 1. The topological polar surface area (TPSA) is 87.2 Å². The molecule has 1 N–H and O–H groups in total. The molecule has 1 aromatic carbocycles. The van der Waals surface area contributed by atoms with Gasteiger partial charge in [0.1, 0.15) is 0 Å². The summed E-state index contributed by atoms with van der Waals surface area (Å²) in [5, 5.41) is 9.32. The zero-order valence-electron chi connectivity index (χ0n) is 14.2. The van der Waals surface area contributed by atoms with Crippen LogP contribution in [-0.4, -0.2) is 65.0 Å². The van der Waals surface area contributed by atoms with Gasteiger partial charge in [0.15, 0.2) is 6.04 Å². The van der Waals surface area contributed by atoms with E-state index in [1.165, 1.54) is 11.8 Å². The van der Waals surface area contributed by atoms with Crippen molar-refractivity contribution in [3.05, 3.63) is 35.4 Å². The summed E-state index contributed by atoms with van der Waals surface area (Å²) < 4.78 is 5.19. The average molecular weight is 346 g/mol. The molecule has 3 rings (SSSR count). The second-order valence-electron chi connectivity index (χ2n) is 6.40. The van der Waals surface area contributed by atoms with Gasteiger partial charge in [-0.1, -0.05) is 24.3 Å². The van der Waals surface area contributed by atoms with Crippen molar-refractivity contribution in [1.82, 2.24) is 9.80 Å². The van der Waals surface area contributed by atoms with Crippen LogP contribution in [0.5, 0.6) is 0 Å². The van der Waals surface area contributed by atoms with E-state index in [-0.39, 0.29) is 37.4 Å². The zero-order valence-corrected chi connectivity index (χ0v) is 14.2. The Morgan fingerprint density at radius 2 is 1.96 bits per heavy atom. The molecule has 1 fully saturated rings. The number of ether oxygens (including phenoxy) is 1. The molecular weight excluding hydrogens is 324 g/mol. The molecule has 1 saturated heterocycles. The minimum Gasteiger partial charge on any atom is -0.480 e. The van der Waals surface area contributed by atoms with E-state index in [2.05, 4.69) is 0 Å². The minimum atomic E-state index is -1.07. The van der Waals surface area contributed by atoms with Crippen molar-refractivity contribution in [2.24, 2.45) is 0 Å². The third kappa shape index (κ3) is 3.51. The molecular formula is C18H22N2O5. The van der Waals surface area contributed by atoms with Crippen LogP contribution >= 0.6 is 0 Å². The third-order valence-electron chi connectivity index (χ3n) is 4.92. The predicted molar refractivity (Wildman–Crippen MR) is 88.8 cm³/mol. The van der Waals surface area contributed by atoms with Gasteiger partial charge < -0.3 is 19.6 Å². The number of aliphatic carboxylic acids is 1. The molecule has 2 atom stereocenters. The molecule has 0 bridgehead atoms.